The topological polar surface area (TPSA) is 37.3 Å². The van der Waals surface area contributed by atoms with E-state index in [0.29, 0.717) is 6.42 Å². The standard InChI is InChI=1S/C11H21ClO2.ClH/c12-10-8-6-4-2-1-3-5-7-9-11(13)14;/h1-10H2,(H,13,14);1H. The molecule has 4 heteroatoms. The average molecular weight is 257 g/mol. The maximum absolute atomic E-state index is 10.2. The molecule has 0 fully saturated rings. The van der Waals surface area contributed by atoms with Gasteiger partial charge in [-0.3, -0.25) is 4.79 Å². The minimum Gasteiger partial charge on any atom is -0.481 e. The number of carboxylic acids is 1. The lowest BCUT2D eigenvalue weighted by molar-refractivity contribution is -0.137. The molecule has 0 rings (SSSR count). The SMILES string of the molecule is Cl.O=C(O)CCCCCCCCCCCl. The quantitative estimate of drug-likeness (QED) is 0.469. The number of carbonyl (C=O) groups is 1. The summed E-state index contributed by atoms with van der Waals surface area (Å²) in [7, 11) is 0. The minimum atomic E-state index is -0.674. The molecule has 0 saturated carbocycles. The number of unbranched alkanes of at least 4 members (excludes halogenated alkanes) is 7. The van der Waals surface area contributed by atoms with Crippen molar-refractivity contribution in [2.75, 3.05) is 5.88 Å². The van der Waals surface area contributed by atoms with Crippen molar-refractivity contribution < 1.29 is 9.90 Å². The first-order valence-electron chi connectivity index (χ1n) is 5.55. The van der Waals surface area contributed by atoms with E-state index in [1.807, 2.05) is 0 Å². The first-order valence-corrected chi connectivity index (χ1v) is 6.08. The van der Waals surface area contributed by atoms with Crippen molar-refractivity contribution >= 4 is 30.0 Å². The molecule has 0 aromatic rings. The molecule has 0 bridgehead atoms. The van der Waals surface area contributed by atoms with Gasteiger partial charge in [0.25, 0.3) is 0 Å². The molecule has 0 radical (unpaired) electrons. The van der Waals surface area contributed by atoms with Gasteiger partial charge in [-0.15, -0.1) is 24.0 Å². The zero-order valence-electron chi connectivity index (χ0n) is 9.21. The monoisotopic (exact) mass is 256 g/mol. The second-order valence-corrected chi connectivity index (χ2v) is 4.04. The normalized spacial score (nSPS) is 9.67. The molecule has 0 spiro atoms. The Morgan fingerprint density at radius 1 is 0.867 bits per heavy atom. The number of carboxylic acid groups (broad SMARTS) is 1. The van der Waals surface area contributed by atoms with Crippen LogP contribution >= 0.6 is 24.0 Å². The molecule has 0 aliphatic heterocycles. The van der Waals surface area contributed by atoms with Crippen LogP contribution in [0.15, 0.2) is 0 Å². The molecular weight excluding hydrogens is 235 g/mol. The van der Waals surface area contributed by atoms with Gasteiger partial charge in [-0.1, -0.05) is 38.5 Å². The molecule has 0 amide bonds. The van der Waals surface area contributed by atoms with Gasteiger partial charge in [-0.25, -0.2) is 0 Å². The summed E-state index contributed by atoms with van der Waals surface area (Å²) in [4.78, 5) is 10.2. The Morgan fingerprint density at radius 3 is 1.67 bits per heavy atom. The summed E-state index contributed by atoms with van der Waals surface area (Å²) in [5.41, 5.74) is 0. The Balaban J connectivity index is 0. The van der Waals surface area contributed by atoms with Crippen molar-refractivity contribution in [1.29, 1.82) is 0 Å². The van der Waals surface area contributed by atoms with Crippen LogP contribution in [0.5, 0.6) is 0 Å². The van der Waals surface area contributed by atoms with Crippen molar-refractivity contribution in [1.82, 2.24) is 0 Å². The van der Waals surface area contributed by atoms with Crippen LogP contribution in [0.2, 0.25) is 0 Å². The fourth-order valence-corrected chi connectivity index (χ4v) is 1.62. The number of rotatable bonds is 10. The zero-order chi connectivity index (χ0) is 10.6. The molecule has 0 unspecified atom stereocenters. The molecule has 1 N–H and O–H groups in total. The first kappa shape index (κ1) is 17.4. The third-order valence-corrected chi connectivity index (χ3v) is 2.54. The highest BCUT2D eigenvalue weighted by atomic mass is 35.5. The van der Waals surface area contributed by atoms with Gasteiger partial charge in [-0.05, 0) is 12.8 Å². The Kier molecular flexibility index (Phi) is 16.3. The van der Waals surface area contributed by atoms with Gasteiger partial charge in [0.1, 0.15) is 0 Å². The largest absolute Gasteiger partial charge is 0.481 e. The van der Waals surface area contributed by atoms with Crippen LogP contribution in [0.1, 0.15) is 57.8 Å². The number of hydrogen-bond acceptors (Lipinski definition) is 1. The Labute approximate surface area is 104 Å². The fraction of sp³-hybridized carbons (Fsp3) is 0.909. The third-order valence-electron chi connectivity index (χ3n) is 2.27. The molecule has 0 aliphatic rings. The number of aliphatic carboxylic acids is 1. The molecule has 2 nitrogen and oxygen atoms in total. The fourth-order valence-electron chi connectivity index (χ4n) is 1.43. The van der Waals surface area contributed by atoms with Gasteiger partial charge >= 0.3 is 5.97 Å². The highest BCUT2D eigenvalue weighted by Crippen LogP contribution is 2.09. The van der Waals surface area contributed by atoms with Gasteiger partial charge in [0.05, 0.1) is 0 Å². The lowest BCUT2D eigenvalue weighted by atomic mass is 10.1. The van der Waals surface area contributed by atoms with Crippen molar-refractivity contribution in [2.45, 2.75) is 57.8 Å². The highest BCUT2D eigenvalue weighted by molar-refractivity contribution is 6.17. The number of halogens is 2. The van der Waals surface area contributed by atoms with Crippen LogP contribution in [0, 0.1) is 0 Å². The Hall–Kier alpha value is 0.0500. The predicted octanol–water partition coefficient (Wildman–Crippen LogP) is 4.24. The van der Waals surface area contributed by atoms with Gasteiger partial charge < -0.3 is 5.11 Å². The number of alkyl halides is 1. The molecule has 92 valence electrons. The second kappa shape index (κ2) is 14.1. The van der Waals surface area contributed by atoms with E-state index in [0.717, 1.165) is 25.1 Å². The van der Waals surface area contributed by atoms with Crippen molar-refractivity contribution in [3.05, 3.63) is 0 Å². The van der Waals surface area contributed by atoms with Gasteiger partial charge in [0.2, 0.25) is 0 Å². The summed E-state index contributed by atoms with van der Waals surface area (Å²) >= 11 is 5.56. The maximum Gasteiger partial charge on any atom is 0.303 e. The summed E-state index contributed by atoms with van der Waals surface area (Å²) < 4.78 is 0. The van der Waals surface area contributed by atoms with Gasteiger partial charge in [0, 0.05) is 12.3 Å². The van der Waals surface area contributed by atoms with Crippen LogP contribution in [-0.2, 0) is 4.79 Å². The molecule has 0 heterocycles. The smallest absolute Gasteiger partial charge is 0.303 e. The summed E-state index contributed by atoms with van der Waals surface area (Å²) in [6.07, 6.45) is 9.52. The van der Waals surface area contributed by atoms with E-state index >= 15 is 0 Å². The minimum absolute atomic E-state index is 0. The Bertz CT molecular complexity index is 141. The molecule has 15 heavy (non-hydrogen) atoms. The molecule has 0 aromatic heterocycles. The van der Waals surface area contributed by atoms with Gasteiger partial charge in [0.15, 0.2) is 0 Å². The average Bonchev–Trinajstić information content (AvgIpc) is 2.15. The number of hydrogen-bond donors (Lipinski definition) is 1. The van der Waals surface area contributed by atoms with Crippen molar-refractivity contribution in [2.24, 2.45) is 0 Å². The van der Waals surface area contributed by atoms with Crippen molar-refractivity contribution in [3.63, 3.8) is 0 Å². The first-order chi connectivity index (χ1) is 6.77. The zero-order valence-corrected chi connectivity index (χ0v) is 10.8. The highest BCUT2D eigenvalue weighted by Gasteiger charge is 1.96. The second-order valence-electron chi connectivity index (χ2n) is 3.66. The summed E-state index contributed by atoms with van der Waals surface area (Å²) in [5, 5.41) is 8.40. The molecule has 0 atom stereocenters. The van der Waals surface area contributed by atoms with Crippen LogP contribution in [0.3, 0.4) is 0 Å². The molecule has 0 aliphatic carbocycles. The molecular formula is C11H22Cl2O2. The van der Waals surface area contributed by atoms with E-state index in [1.54, 1.807) is 0 Å². The third kappa shape index (κ3) is 16.7. The van der Waals surface area contributed by atoms with Crippen LogP contribution < -0.4 is 0 Å². The molecule has 0 saturated heterocycles. The van der Waals surface area contributed by atoms with Crippen molar-refractivity contribution in [3.8, 4) is 0 Å². The van der Waals surface area contributed by atoms with E-state index in [2.05, 4.69) is 0 Å². The lowest BCUT2D eigenvalue weighted by Crippen LogP contribution is -1.93. The Morgan fingerprint density at radius 2 is 1.27 bits per heavy atom. The van der Waals surface area contributed by atoms with E-state index in [-0.39, 0.29) is 12.4 Å². The van der Waals surface area contributed by atoms with E-state index < -0.39 is 5.97 Å². The van der Waals surface area contributed by atoms with E-state index in [1.165, 1.54) is 32.1 Å². The van der Waals surface area contributed by atoms with E-state index in [9.17, 15) is 4.79 Å². The van der Waals surface area contributed by atoms with Crippen LogP contribution in [0.25, 0.3) is 0 Å². The van der Waals surface area contributed by atoms with E-state index in [4.69, 9.17) is 16.7 Å². The molecule has 0 aromatic carbocycles. The van der Waals surface area contributed by atoms with Crippen LogP contribution in [0.4, 0.5) is 0 Å². The van der Waals surface area contributed by atoms with Crippen LogP contribution in [-0.4, -0.2) is 17.0 Å². The summed E-state index contributed by atoms with van der Waals surface area (Å²) in [5.74, 6) is 0.102. The van der Waals surface area contributed by atoms with Gasteiger partial charge in [-0.2, -0.15) is 0 Å². The lowest BCUT2D eigenvalue weighted by Gasteiger charge is -2.00. The predicted molar refractivity (Wildman–Crippen MR) is 67.2 cm³/mol. The maximum atomic E-state index is 10.2. The summed E-state index contributed by atoms with van der Waals surface area (Å²) in [6, 6.07) is 0. The summed E-state index contributed by atoms with van der Waals surface area (Å²) in [6.45, 7) is 0.